The third-order valence-electron chi connectivity index (χ3n) is 7.88. The number of likely N-dealkylation sites (tertiary alicyclic amines) is 1. The average molecular weight is 585 g/mol. The van der Waals surface area contributed by atoms with Gasteiger partial charge in [0.2, 0.25) is 5.91 Å². The van der Waals surface area contributed by atoms with E-state index in [9.17, 15) is 14.4 Å². The average Bonchev–Trinajstić information content (AvgIpc) is 3.62. The minimum absolute atomic E-state index is 0.153. The van der Waals surface area contributed by atoms with Gasteiger partial charge < -0.3 is 19.1 Å². The van der Waals surface area contributed by atoms with Gasteiger partial charge >= 0.3 is 12.2 Å². The molecule has 2 aliphatic heterocycles. The number of carbonyl (C=O) groups is 3. The molecule has 8 nitrogen and oxygen atoms in total. The second-order valence-corrected chi connectivity index (χ2v) is 12.3. The Morgan fingerprint density at radius 1 is 0.930 bits per heavy atom. The molecule has 3 amide bonds. The lowest BCUT2D eigenvalue weighted by molar-refractivity contribution is -0.135. The first-order valence-corrected chi connectivity index (χ1v) is 14.9. The van der Waals surface area contributed by atoms with Crippen molar-refractivity contribution in [1.82, 2.24) is 9.80 Å². The smallest absolute Gasteiger partial charge is 0.416 e. The first-order chi connectivity index (χ1) is 20.7. The molecule has 2 heterocycles. The van der Waals surface area contributed by atoms with Gasteiger partial charge in [-0.1, -0.05) is 72.8 Å². The Balaban J connectivity index is 1.36. The standard InChI is InChI=1S/C35H40N2O6/c1-35(2,3)43-33(39)36-18-17-28(22-36)31(21-27-15-10-16-30(20-27)41-23-26-13-8-5-9-14-26)32(38)37-29(24-42-34(37)40)19-25-11-6-4-7-12-25/h4-16,20,28-29,31H,17-19,21-24H2,1-3H3/t28-,29-,31?/m0/s1. The highest BCUT2D eigenvalue weighted by molar-refractivity contribution is 5.95. The SMILES string of the molecule is CC(C)(C)OC(=O)N1CC[C@H](C(Cc2cccc(OCc3ccccc3)c2)C(=O)N2C(=O)OC[C@@H]2Cc2ccccc2)C1. The number of benzene rings is 3. The fraction of sp³-hybridized carbons (Fsp3) is 0.400. The molecule has 0 aliphatic carbocycles. The number of carbonyl (C=O) groups excluding carboxylic acids is 3. The lowest BCUT2D eigenvalue weighted by Gasteiger charge is -2.29. The highest BCUT2D eigenvalue weighted by atomic mass is 16.6. The molecule has 226 valence electrons. The fourth-order valence-corrected chi connectivity index (χ4v) is 5.77. The van der Waals surface area contributed by atoms with E-state index in [2.05, 4.69) is 0 Å². The molecule has 8 heteroatoms. The number of hydrogen-bond donors (Lipinski definition) is 0. The minimum Gasteiger partial charge on any atom is -0.489 e. The van der Waals surface area contributed by atoms with Gasteiger partial charge in [0.25, 0.3) is 0 Å². The summed E-state index contributed by atoms with van der Waals surface area (Å²) in [5, 5.41) is 0. The van der Waals surface area contributed by atoms with E-state index in [1.54, 1.807) is 4.90 Å². The Kier molecular flexibility index (Phi) is 9.34. The summed E-state index contributed by atoms with van der Waals surface area (Å²) in [4.78, 5) is 43.1. The van der Waals surface area contributed by atoms with Crippen LogP contribution >= 0.6 is 0 Å². The third-order valence-corrected chi connectivity index (χ3v) is 7.88. The van der Waals surface area contributed by atoms with Gasteiger partial charge in [0.15, 0.2) is 0 Å². The van der Waals surface area contributed by atoms with Crippen molar-refractivity contribution >= 4 is 18.1 Å². The predicted molar refractivity (Wildman–Crippen MR) is 162 cm³/mol. The first kappa shape index (κ1) is 30.1. The Labute approximate surface area is 253 Å². The molecule has 3 aromatic carbocycles. The molecule has 1 unspecified atom stereocenters. The number of cyclic esters (lactones) is 1. The summed E-state index contributed by atoms with van der Waals surface area (Å²) in [7, 11) is 0. The zero-order valence-corrected chi connectivity index (χ0v) is 25.1. The summed E-state index contributed by atoms with van der Waals surface area (Å²) in [6, 6.07) is 27.1. The van der Waals surface area contributed by atoms with E-state index in [0.29, 0.717) is 44.7 Å². The van der Waals surface area contributed by atoms with Gasteiger partial charge in [-0.2, -0.15) is 0 Å². The van der Waals surface area contributed by atoms with E-state index < -0.39 is 23.7 Å². The molecule has 43 heavy (non-hydrogen) atoms. The molecule has 5 rings (SSSR count). The van der Waals surface area contributed by atoms with Crippen LogP contribution in [0, 0.1) is 11.8 Å². The zero-order chi connectivity index (χ0) is 30.4. The second kappa shape index (κ2) is 13.3. The summed E-state index contributed by atoms with van der Waals surface area (Å²) >= 11 is 0. The number of amides is 3. The van der Waals surface area contributed by atoms with Crippen molar-refractivity contribution in [2.75, 3.05) is 19.7 Å². The quantitative estimate of drug-likeness (QED) is 0.295. The number of ether oxygens (including phenoxy) is 3. The molecule has 0 N–H and O–H groups in total. The maximum Gasteiger partial charge on any atom is 0.416 e. The summed E-state index contributed by atoms with van der Waals surface area (Å²) in [5.41, 5.74) is 2.40. The van der Waals surface area contributed by atoms with Gasteiger partial charge in [0.05, 0.1) is 6.04 Å². The van der Waals surface area contributed by atoms with Crippen molar-refractivity contribution in [2.24, 2.45) is 11.8 Å². The molecule has 2 saturated heterocycles. The molecule has 2 aliphatic rings. The van der Waals surface area contributed by atoms with Gasteiger partial charge in [-0.05, 0) is 74.8 Å². The number of hydrogen-bond acceptors (Lipinski definition) is 6. The first-order valence-electron chi connectivity index (χ1n) is 14.9. The molecule has 0 saturated carbocycles. The molecular formula is C35H40N2O6. The van der Waals surface area contributed by atoms with Crippen LogP contribution in [0.3, 0.4) is 0 Å². The molecule has 2 fully saturated rings. The van der Waals surface area contributed by atoms with E-state index in [1.807, 2.05) is 106 Å². The van der Waals surface area contributed by atoms with Crippen LogP contribution in [0.1, 0.15) is 43.9 Å². The molecule has 3 aromatic rings. The van der Waals surface area contributed by atoms with Crippen LogP contribution < -0.4 is 4.74 Å². The van der Waals surface area contributed by atoms with E-state index >= 15 is 0 Å². The molecular weight excluding hydrogens is 544 g/mol. The molecule has 0 radical (unpaired) electrons. The Morgan fingerprint density at radius 2 is 1.60 bits per heavy atom. The molecule has 0 aromatic heterocycles. The Hall–Kier alpha value is -4.33. The van der Waals surface area contributed by atoms with Crippen LogP contribution in [0.25, 0.3) is 0 Å². The fourth-order valence-electron chi connectivity index (χ4n) is 5.77. The number of imide groups is 1. The van der Waals surface area contributed by atoms with E-state index in [1.165, 1.54) is 4.90 Å². The van der Waals surface area contributed by atoms with Crippen LogP contribution in [0.5, 0.6) is 5.75 Å². The number of nitrogens with zero attached hydrogens (tertiary/aromatic N) is 2. The van der Waals surface area contributed by atoms with Crippen LogP contribution in [-0.2, 0) is 33.7 Å². The molecule has 3 atom stereocenters. The Bertz CT molecular complexity index is 1400. The van der Waals surface area contributed by atoms with E-state index in [0.717, 1.165) is 16.7 Å². The summed E-state index contributed by atoms with van der Waals surface area (Å²) in [6.07, 6.45) is 0.544. The Morgan fingerprint density at radius 3 is 2.30 bits per heavy atom. The van der Waals surface area contributed by atoms with Gasteiger partial charge in [0, 0.05) is 19.0 Å². The third kappa shape index (κ3) is 7.95. The maximum atomic E-state index is 14.3. The van der Waals surface area contributed by atoms with Crippen molar-refractivity contribution < 1.29 is 28.6 Å². The van der Waals surface area contributed by atoms with Crippen molar-refractivity contribution in [1.29, 1.82) is 0 Å². The maximum absolute atomic E-state index is 14.3. The lowest BCUT2D eigenvalue weighted by atomic mass is 9.84. The monoisotopic (exact) mass is 584 g/mol. The molecule has 0 bridgehead atoms. The molecule has 0 spiro atoms. The van der Waals surface area contributed by atoms with E-state index in [-0.39, 0.29) is 24.5 Å². The zero-order valence-electron chi connectivity index (χ0n) is 25.1. The largest absolute Gasteiger partial charge is 0.489 e. The number of rotatable bonds is 9. The highest BCUT2D eigenvalue weighted by Crippen LogP contribution is 2.33. The van der Waals surface area contributed by atoms with Crippen LogP contribution in [0.15, 0.2) is 84.9 Å². The normalized spacial score (nSPS) is 19.2. The van der Waals surface area contributed by atoms with Gasteiger partial charge in [-0.3, -0.25) is 4.79 Å². The summed E-state index contributed by atoms with van der Waals surface area (Å²) < 4.78 is 17.1. The van der Waals surface area contributed by atoms with Crippen molar-refractivity contribution in [3.63, 3.8) is 0 Å². The lowest BCUT2D eigenvalue weighted by Crippen LogP contribution is -2.46. The van der Waals surface area contributed by atoms with Gasteiger partial charge in [0.1, 0.15) is 24.6 Å². The van der Waals surface area contributed by atoms with Gasteiger partial charge in [-0.25, -0.2) is 14.5 Å². The summed E-state index contributed by atoms with van der Waals surface area (Å²) in [5.74, 6) is -0.257. The van der Waals surface area contributed by atoms with Crippen LogP contribution in [0.2, 0.25) is 0 Å². The van der Waals surface area contributed by atoms with Crippen LogP contribution in [0.4, 0.5) is 9.59 Å². The van der Waals surface area contributed by atoms with Crippen molar-refractivity contribution in [3.05, 3.63) is 102 Å². The topological polar surface area (TPSA) is 85.4 Å². The van der Waals surface area contributed by atoms with Crippen molar-refractivity contribution in [2.45, 2.75) is 58.3 Å². The predicted octanol–water partition coefficient (Wildman–Crippen LogP) is 6.27. The van der Waals surface area contributed by atoms with Gasteiger partial charge in [-0.15, -0.1) is 0 Å². The van der Waals surface area contributed by atoms with Crippen LogP contribution in [-0.4, -0.2) is 59.2 Å². The minimum atomic E-state index is -0.617. The van der Waals surface area contributed by atoms with Crippen molar-refractivity contribution in [3.8, 4) is 5.75 Å². The van der Waals surface area contributed by atoms with E-state index in [4.69, 9.17) is 14.2 Å². The second-order valence-electron chi connectivity index (χ2n) is 12.3. The highest BCUT2D eigenvalue weighted by Gasteiger charge is 2.45. The summed E-state index contributed by atoms with van der Waals surface area (Å²) in [6.45, 7) is 6.96.